The molecular weight excluding hydrogens is 162 g/mol. The molecule has 13 heavy (non-hydrogen) atoms. The molecule has 0 saturated carbocycles. The maximum atomic E-state index is 8.62. The molecule has 0 aliphatic carbocycles. The summed E-state index contributed by atoms with van der Waals surface area (Å²) in [5.74, 6) is 0. The van der Waals surface area contributed by atoms with Crippen LogP contribution in [0.2, 0.25) is 0 Å². The molecule has 0 fully saturated rings. The van der Waals surface area contributed by atoms with Crippen LogP contribution in [0.25, 0.3) is 0 Å². The van der Waals surface area contributed by atoms with Crippen LogP contribution in [-0.2, 0) is 0 Å². The molecule has 3 heteroatoms. The summed E-state index contributed by atoms with van der Waals surface area (Å²) in [5.41, 5.74) is 1.52. The van der Waals surface area contributed by atoms with Crippen LogP contribution in [-0.4, -0.2) is 11.5 Å². The van der Waals surface area contributed by atoms with E-state index in [0.29, 0.717) is 5.56 Å². The predicted molar refractivity (Wildman–Crippen MR) is 52.3 cm³/mol. The van der Waals surface area contributed by atoms with E-state index in [4.69, 9.17) is 5.26 Å². The topological polar surface area (TPSA) is 48.7 Å². The maximum Gasteiger partial charge on any atom is 0.101 e. The monoisotopic (exact) mass is 175 g/mol. The van der Waals surface area contributed by atoms with E-state index in [1.807, 2.05) is 6.07 Å². The van der Waals surface area contributed by atoms with Crippen molar-refractivity contribution in [3.05, 3.63) is 24.0 Å². The maximum absolute atomic E-state index is 8.62. The van der Waals surface area contributed by atoms with Crippen molar-refractivity contribution < 1.29 is 0 Å². The van der Waals surface area contributed by atoms with Gasteiger partial charge in [-0.1, -0.05) is 13.3 Å². The minimum atomic E-state index is 0.599. The Morgan fingerprint density at radius 1 is 1.54 bits per heavy atom. The summed E-state index contributed by atoms with van der Waals surface area (Å²) in [6.07, 6.45) is 5.59. The lowest BCUT2D eigenvalue weighted by Gasteiger charge is -2.03. The lowest BCUT2D eigenvalue weighted by molar-refractivity contribution is 0.834. The molecule has 1 heterocycles. The van der Waals surface area contributed by atoms with E-state index in [1.54, 1.807) is 12.4 Å². The first-order valence-electron chi connectivity index (χ1n) is 4.46. The van der Waals surface area contributed by atoms with Crippen molar-refractivity contribution in [2.75, 3.05) is 11.9 Å². The van der Waals surface area contributed by atoms with Gasteiger partial charge < -0.3 is 5.32 Å². The Bertz CT molecular complexity index is 301. The minimum absolute atomic E-state index is 0.599. The molecule has 0 aliphatic heterocycles. The number of rotatable bonds is 4. The van der Waals surface area contributed by atoms with Crippen molar-refractivity contribution in [2.45, 2.75) is 19.8 Å². The zero-order valence-electron chi connectivity index (χ0n) is 7.75. The van der Waals surface area contributed by atoms with Gasteiger partial charge in [-0.05, 0) is 12.5 Å². The van der Waals surface area contributed by atoms with E-state index in [2.05, 4.69) is 23.3 Å². The van der Waals surface area contributed by atoms with Crippen LogP contribution in [0.15, 0.2) is 18.5 Å². The summed E-state index contributed by atoms with van der Waals surface area (Å²) in [6, 6.07) is 3.86. The number of anilines is 1. The number of pyridine rings is 1. The second kappa shape index (κ2) is 5.15. The van der Waals surface area contributed by atoms with Gasteiger partial charge in [0.2, 0.25) is 0 Å². The van der Waals surface area contributed by atoms with Gasteiger partial charge in [0.05, 0.1) is 17.4 Å². The Kier molecular flexibility index (Phi) is 3.77. The lowest BCUT2D eigenvalue weighted by Crippen LogP contribution is -2.01. The molecule has 0 amide bonds. The van der Waals surface area contributed by atoms with Crippen LogP contribution in [0.4, 0.5) is 5.69 Å². The standard InChI is InChI=1S/C10H13N3/c1-2-3-4-13-10-5-9(6-11)7-12-8-10/h5,7-8,13H,2-4H2,1H3. The first-order chi connectivity index (χ1) is 6.36. The Labute approximate surface area is 78.4 Å². The van der Waals surface area contributed by atoms with Gasteiger partial charge in [0.25, 0.3) is 0 Å². The molecule has 0 radical (unpaired) electrons. The second-order valence-electron chi connectivity index (χ2n) is 2.85. The molecule has 3 nitrogen and oxygen atoms in total. The fraction of sp³-hybridized carbons (Fsp3) is 0.400. The van der Waals surface area contributed by atoms with Crippen molar-refractivity contribution in [2.24, 2.45) is 0 Å². The molecule has 1 N–H and O–H groups in total. The number of hydrogen-bond donors (Lipinski definition) is 1. The van der Waals surface area contributed by atoms with Crippen LogP contribution in [0.1, 0.15) is 25.3 Å². The second-order valence-corrected chi connectivity index (χ2v) is 2.85. The van der Waals surface area contributed by atoms with E-state index < -0.39 is 0 Å². The number of nitriles is 1. The van der Waals surface area contributed by atoms with Crippen molar-refractivity contribution in [3.63, 3.8) is 0 Å². The fourth-order valence-corrected chi connectivity index (χ4v) is 1.01. The minimum Gasteiger partial charge on any atom is -0.384 e. The Balaban J connectivity index is 2.52. The average Bonchev–Trinajstić information content (AvgIpc) is 2.19. The van der Waals surface area contributed by atoms with E-state index >= 15 is 0 Å². The van der Waals surface area contributed by atoms with E-state index in [-0.39, 0.29) is 0 Å². The zero-order chi connectivity index (χ0) is 9.52. The summed E-state index contributed by atoms with van der Waals surface area (Å²) in [5, 5.41) is 11.8. The quantitative estimate of drug-likeness (QED) is 0.713. The molecule has 1 rings (SSSR count). The molecule has 0 spiro atoms. The van der Waals surface area contributed by atoms with Crippen molar-refractivity contribution in [1.82, 2.24) is 4.98 Å². The third-order valence-electron chi connectivity index (χ3n) is 1.73. The van der Waals surface area contributed by atoms with Gasteiger partial charge in [0.15, 0.2) is 0 Å². The molecule has 0 aliphatic rings. The largest absolute Gasteiger partial charge is 0.384 e. The van der Waals surface area contributed by atoms with E-state index in [1.165, 1.54) is 6.42 Å². The molecule has 0 aromatic carbocycles. The third-order valence-corrected chi connectivity index (χ3v) is 1.73. The summed E-state index contributed by atoms with van der Waals surface area (Å²) in [7, 11) is 0. The summed E-state index contributed by atoms with van der Waals surface area (Å²) < 4.78 is 0. The SMILES string of the molecule is CCCCNc1cncc(C#N)c1. The van der Waals surface area contributed by atoms with Crippen LogP contribution < -0.4 is 5.32 Å². The van der Waals surface area contributed by atoms with Crippen molar-refractivity contribution in [3.8, 4) is 6.07 Å². The number of hydrogen-bond acceptors (Lipinski definition) is 3. The van der Waals surface area contributed by atoms with Gasteiger partial charge in [-0.15, -0.1) is 0 Å². The molecule has 0 bridgehead atoms. The number of aromatic nitrogens is 1. The Hall–Kier alpha value is -1.56. The molecule has 68 valence electrons. The van der Waals surface area contributed by atoms with Gasteiger partial charge in [-0.2, -0.15) is 5.26 Å². The third kappa shape index (κ3) is 3.12. The summed E-state index contributed by atoms with van der Waals surface area (Å²) >= 11 is 0. The number of unbranched alkanes of at least 4 members (excludes halogenated alkanes) is 1. The fourth-order valence-electron chi connectivity index (χ4n) is 1.01. The molecule has 0 atom stereocenters. The number of nitrogens with one attached hydrogen (secondary N) is 1. The van der Waals surface area contributed by atoms with Gasteiger partial charge >= 0.3 is 0 Å². The predicted octanol–water partition coefficient (Wildman–Crippen LogP) is 2.17. The highest BCUT2D eigenvalue weighted by atomic mass is 14.9. The Morgan fingerprint density at radius 2 is 2.38 bits per heavy atom. The van der Waals surface area contributed by atoms with Crippen LogP contribution in [0, 0.1) is 11.3 Å². The molecular formula is C10H13N3. The van der Waals surface area contributed by atoms with Crippen molar-refractivity contribution in [1.29, 1.82) is 5.26 Å². The highest BCUT2D eigenvalue weighted by Gasteiger charge is 1.93. The van der Waals surface area contributed by atoms with E-state index in [9.17, 15) is 0 Å². The van der Waals surface area contributed by atoms with Crippen LogP contribution in [0.5, 0.6) is 0 Å². The molecule has 0 saturated heterocycles. The number of nitrogens with zero attached hydrogens (tertiary/aromatic N) is 2. The van der Waals surface area contributed by atoms with Gasteiger partial charge in [0, 0.05) is 12.7 Å². The van der Waals surface area contributed by atoms with Gasteiger partial charge in [-0.25, -0.2) is 0 Å². The van der Waals surface area contributed by atoms with Gasteiger partial charge in [-0.3, -0.25) is 4.98 Å². The zero-order valence-corrected chi connectivity index (χ0v) is 7.75. The lowest BCUT2D eigenvalue weighted by atomic mass is 10.3. The summed E-state index contributed by atoms with van der Waals surface area (Å²) in [6.45, 7) is 3.08. The molecule has 0 unspecified atom stereocenters. The smallest absolute Gasteiger partial charge is 0.101 e. The highest BCUT2D eigenvalue weighted by molar-refractivity contribution is 5.46. The van der Waals surface area contributed by atoms with Crippen LogP contribution >= 0.6 is 0 Å². The Morgan fingerprint density at radius 3 is 3.08 bits per heavy atom. The molecule has 1 aromatic rings. The first kappa shape index (κ1) is 9.53. The normalized spacial score (nSPS) is 9.23. The van der Waals surface area contributed by atoms with Crippen molar-refractivity contribution >= 4 is 5.69 Å². The highest BCUT2D eigenvalue weighted by Crippen LogP contribution is 2.07. The van der Waals surface area contributed by atoms with E-state index in [0.717, 1.165) is 18.7 Å². The summed E-state index contributed by atoms with van der Waals surface area (Å²) in [4.78, 5) is 3.95. The van der Waals surface area contributed by atoms with Gasteiger partial charge in [0.1, 0.15) is 6.07 Å². The van der Waals surface area contributed by atoms with Crippen LogP contribution in [0.3, 0.4) is 0 Å². The first-order valence-corrected chi connectivity index (χ1v) is 4.46. The molecule has 1 aromatic heterocycles. The average molecular weight is 175 g/mol.